The van der Waals surface area contributed by atoms with Crippen LogP contribution >= 0.6 is 0 Å². The maximum atomic E-state index is 12.0. The summed E-state index contributed by atoms with van der Waals surface area (Å²) in [6.45, 7) is 4.45. The predicted molar refractivity (Wildman–Crippen MR) is 99.1 cm³/mol. The molecule has 0 atom stereocenters. The molecule has 0 aliphatic rings. The van der Waals surface area contributed by atoms with Gasteiger partial charge in [0.15, 0.2) is 6.61 Å². The number of hydrogen-bond acceptors (Lipinski definition) is 4. The third-order valence-electron chi connectivity index (χ3n) is 3.65. The van der Waals surface area contributed by atoms with Gasteiger partial charge >= 0.3 is 0 Å². The number of rotatable bonds is 8. The topological polar surface area (TPSA) is 76.7 Å². The van der Waals surface area contributed by atoms with E-state index in [1.807, 2.05) is 25.1 Å². The molecule has 0 saturated carbocycles. The average molecular weight is 356 g/mol. The molecule has 2 aromatic rings. The number of hydrazine groups is 1. The Balaban J connectivity index is 1.75. The van der Waals surface area contributed by atoms with E-state index in [0.29, 0.717) is 23.7 Å². The number of aryl methyl sites for hydroxylation is 1. The lowest BCUT2D eigenvalue weighted by molar-refractivity contribution is -0.123. The molecule has 0 unspecified atom stereocenters. The molecule has 0 saturated heterocycles. The van der Waals surface area contributed by atoms with Gasteiger partial charge in [-0.3, -0.25) is 20.4 Å². The molecule has 138 valence electrons. The number of amides is 2. The van der Waals surface area contributed by atoms with E-state index in [4.69, 9.17) is 9.47 Å². The first-order valence-electron chi connectivity index (χ1n) is 8.60. The number of carbonyl (C=O) groups is 2. The number of benzene rings is 2. The molecule has 2 aromatic carbocycles. The Morgan fingerprint density at radius 3 is 2.38 bits per heavy atom. The molecule has 0 bridgehead atoms. The van der Waals surface area contributed by atoms with Crippen LogP contribution in [0.15, 0.2) is 48.5 Å². The molecule has 0 spiro atoms. The van der Waals surface area contributed by atoms with Crippen molar-refractivity contribution >= 4 is 11.8 Å². The number of carbonyl (C=O) groups excluding carboxylic acids is 2. The molecule has 6 nitrogen and oxygen atoms in total. The zero-order chi connectivity index (χ0) is 18.8. The van der Waals surface area contributed by atoms with Crippen molar-refractivity contribution in [3.05, 3.63) is 59.7 Å². The van der Waals surface area contributed by atoms with Gasteiger partial charge in [0.1, 0.15) is 11.5 Å². The lowest BCUT2D eigenvalue weighted by Gasteiger charge is -2.10. The lowest BCUT2D eigenvalue weighted by atomic mass is 10.2. The maximum absolute atomic E-state index is 12.0. The second-order valence-corrected chi connectivity index (χ2v) is 5.78. The Kier molecular flexibility index (Phi) is 7.49. The van der Waals surface area contributed by atoms with Crippen LogP contribution in [0.3, 0.4) is 0 Å². The van der Waals surface area contributed by atoms with Crippen molar-refractivity contribution in [3.8, 4) is 11.5 Å². The van der Waals surface area contributed by atoms with Crippen molar-refractivity contribution in [3.63, 3.8) is 0 Å². The summed E-state index contributed by atoms with van der Waals surface area (Å²) in [6.07, 6.45) is 2.05. The first kappa shape index (κ1) is 19.3. The van der Waals surface area contributed by atoms with Gasteiger partial charge in [-0.15, -0.1) is 0 Å². The largest absolute Gasteiger partial charge is 0.494 e. The highest BCUT2D eigenvalue weighted by Crippen LogP contribution is 2.15. The fourth-order valence-electron chi connectivity index (χ4n) is 2.13. The Morgan fingerprint density at radius 2 is 1.69 bits per heavy atom. The second-order valence-electron chi connectivity index (χ2n) is 5.78. The van der Waals surface area contributed by atoms with Crippen LogP contribution in [0.5, 0.6) is 11.5 Å². The van der Waals surface area contributed by atoms with Crippen LogP contribution < -0.4 is 20.3 Å². The van der Waals surface area contributed by atoms with E-state index < -0.39 is 11.8 Å². The molecule has 0 fully saturated rings. The van der Waals surface area contributed by atoms with Crippen LogP contribution in [0.1, 0.15) is 35.7 Å². The molecular weight excluding hydrogens is 332 g/mol. The van der Waals surface area contributed by atoms with Crippen molar-refractivity contribution in [2.45, 2.75) is 26.7 Å². The monoisotopic (exact) mass is 356 g/mol. The van der Waals surface area contributed by atoms with Gasteiger partial charge in [0.05, 0.1) is 6.61 Å². The van der Waals surface area contributed by atoms with Crippen LogP contribution in [0.25, 0.3) is 0 Å². The number of unbranched alkanes of at least 4 members (excludes halogenated alkanes) is 1. The molecule has 0 heterocycles. The summed E-state index contributed by atoms with van der Waals surface area (Å²) >= 11 is 0. The number of hydrogen-bond donors (Lipinski definition) is 2. The van der Waals surface area contributed by atoms with Crippen LogP contribution in [0.4, 0.5) is 0 Å². The van der Waals surface area contributed by atoms with E-state index in [2.05, 4.69) is 17.8 Å². The number of para-hydroxylation sites is 1. The van der Waals surface area contributed by atoms with Crippen molar-refractivity contribution in [2.75, 3.05) is 13.2 Å². The molecule has 2 rings (SSSR count). The van der Waals surface area contributed by atoms with Gasteiger partial charge in [0.25, 0.3) is 11.8 Å². The van der Waals surface area contributed by atoms with Gasteiger partial charge in [-0.05, 0) is 49.2 Å². The van der Waals surface area contributed by atoms with Gasteiger partial charge in [-0.1, -0.05) is 31.5 Å². The minimum Gasteiger partial charge on any atom is -0.494 e. The van der Waals surface area contributed by atoms with E-state index in [-0.39, 0.29) is 6.61 Å². The quantitative estimate of drug-likeness (QED) is 0.563. The third kappa shape index (κ3) is 6.12. The molecule has 0 aromatic heterocycles. The molecule has 0 aliphatic carbocycles. The summed E-state index contributed by atoms with van der Waals surface area (Å²) in [5.41, 5.74) is 6.05. The highest BCUT2D eigenvalue weighted by Gasteiger charge is 2.09. The average Bonchev–Trinajstić information content (AvgIpc) is 2.66. The summed E-state index contributed by atoms with van der Waals surface area (Å²) in [4.78, 5) is 23.8. The van der Waals surface area contributed by atoms with Crippen LogP contribution in [0.2, 0.25) is 0 Å². The predicted octanol–water partition coefficient (Wildman–Crippen LogP) is 3.01. The number of ether oxygens (including phenoxy) is 2. The molecule has 0 aliphatic heterocycles. The van der Waals surface area contributed by atoms with Crippen molar-refractivity contribution in [2.24, 2.45) is 0 Å². The fraction of sp³-hybridized carbons (Fsp3) is 0.300. The first-order valence-corrected chi connectivity index (χ1v) is 8.60. The molecule has 6 heteroatoms. The molecule has 26 heavy (non-hydrogen) atoms. The second kappa shape index (κ2) is 10.1. The van der Waals surface area contributed by atoms with Gasteiger partial charge in [0, 0.05) is 5.56 Å². The van der Waals surface area contributed by atoms with E-state index in [1.54, 1.807) is 30.3 Å². The maximum Gasteiger partial charge on any atom is 0.276 e. The Labute approximate surface area is 153 Å². The minimum absolute atomic E-state index is 0.185. The summed E-state index contributed by atoms with van der Waals surface area (Å²) in [5.74, 6) is 0.494. The van der Waals surface area contributed by atoms with E-state index in [0.717, 1.165) is 18.4 Å². The Hall–Kier alpha value is -3.02. The molecular formula is C20H24N2O4. The fourth-order valence-corrected chi connectivity index (χ4v) is 2.13. The van der Waals surface area contributed by atoms with Crippen molar-refractivity contribution in [1.82, 2.24) is 10.9 Å². The summed E-state index contributed by atoms with van der Waals surface area (Å²) in [5, 5.41) is 0. The highest BCUT2D eigenvalue weighted by molar-refractivity contribution is 5.95. The lowest BCUT2D eigenvalue weighted by Crippen LogP contribution is -2.43. The normalized spacial score (nSPS) is 10.1. The van der Waals surface area contributed by atoms with Crippen molar-refractivity contribution in [1.29, 1.82) is 0 Å². The van der Waals surface area contributed by atoms with Gasteiger partial charge in [-0.2, -0.15) is 0 Å². The summed E-state index contributed by atoms with van der Waals surface area (Å²) in [7, 11) is 0. The molecule has 2 amide bonds. The van der Waals surface area contributed by atoms with E-state index in [1.165, 1.54) is 0 Å². The van der Waals surface area contributed by atoms with Crippen LogP contribution in [-0.4, -0.2) is 25.0 Å². The van der Waals surface area contributed by atoms with Crippen molar-refractivity contribution < 1.29 is 19.1 Å². The summed E-state index contributed by atoms with van der Waals surface area (Å²) in [6, 6.07) is 14.1. The Bertz CT molecular complexity index is 729. The number of nitrogens with one attached hydrogen (secondary N) is 2. The Morgan fingerprint density at radius 1 is 0.962 bits per heavy atom. The van der Waals surface area contributed by atoms with E-state index in [9.17, 15) is 9.59 Å². The summed E-state index contributed by atoms with van der Waals surface area (Å²) < 4.78 is 11.0. The standard InChI is InChI=1S/C20H24N2O4/c1-3-4-13-25-17-11-9-16(10-12-17)20(24)22-21-19(23)14-26-18-8-6-5-7-15(18)2/h5-12H,3-4,13-14H2,1-2H3,(H,21,23)(H,22,24). The van der Waals surface area contributed by atoms with E-state index >= 15 is 0 Å². The smallest absolute Gasteiger partial charge is 0.276 e. The zero-order valence-corrected chi connectivity index (χ0v) is 15.1. The zero-order valence-electron chi connectivity index (χ0n) is 15.1. The van der Waals surface area contributed by atoms with Crippen LogP contribution in [-0.2, 0) is 4.79 Å². The van der Waals surface area contributed by atoms with Crippen LogP contribution in [0, 0.1) is 6.92 Å². The molecule has 0 radical (unpaired) electrons. The van der Waals surface area contributed by atoms with Gasteiger partial charge in [-0.25, -0.2) is 0 Å². The minimum atomic E-state index is -0.443. The van der Waals surface area contributed by atoms with Gasteiger partial charge < -0.3 is 9.47 Å². The third-order valence-corrected chi connectivity index (χ3v) is 3.65. The molecule has 2 N–H and O–H groups in total. The van der Waals surface area contributed by atoms with Gasteiger partial charge in [0.2, 0.25) is 0 Å². The SMILES string of the molecule is CCCCOc1ccc(C(=O)NNC(=O)COc2ccccc2C)cc1. The first-order chi connectivity index (χ1) is 12.6. The highest BCUT2D eigenvalue weighted by atomic mass is 16.5.